The van der Waals surface area contributed by atoms with Gasteiger partial charge in [-0.3, -0.25) is 9.59 Å². The number of carbonyl (C=O) groups is 2. The lowest BCUT2D eigenvalue weighted by molar-refractivity contribution is -0.116. The number of hydrogen-bond donors (Lipinski definition) is 4. The maximum Gasteiger partial charge on any atom is 0.224 e. The third-order valence-corrected chi connectivity index (χ3v) is 5.61. The Labute approximate surface area is 195 Å². The quantitative estimate of drug-likeness (QED) is 0.273. The molecule has 8 nitrogen and oxygen atoms in total. The molecule has 170 valence electrons. The van der Waals surface area contributed by atoms with Gasteiger partial charge in [-0.1, -0.05) is 13.8 Å². The maximum absolute atomic E-state index is 11.7. The summed E-state index contributed by atoms with van der Waals surface area (Å²) in [7, 11) is 0. The predicted octanol–water partition coefficient (Wildman–Crippen LogP) is 5.47. The number of imidazole rings is 2. The lowest BCUT2D eigenvalue weighted by atomic mass is 10.2. The van der Waals surface area contributed by atoms with Crippen molar-refractivity contribution in [2.45, 2.75) is 26.7 Å². The van der Waals surface area contributed by atoms with Crippen LogP contribution in [0.5, 0.6) is 0 Å². The van der Waals surface area contributed by atoms with Crippen molar-refractivity contribution in [3.63, 3.8) is 0 Å². The van der Waals surface area contributed by atoms with E-state index in [2.05, 4.69) is 20.6 Å². The van der Waals surface area contributed by atoms with Crippen molar-refractivity contribution in [1.82, 2.24) is 19.9 Å². The fraction of sp³-hybridized carbons (Fsp3) is 0.154. The smallest absolute Gasteiger partial charge is 0.224 e. The zero-order chi connectivity index (χ0) is 23.7. The molecule has 3 aromatic carbocycles. The second-order valence-corrected chi connectivity index (χ2v) is 8.02. The fourth-order valence-corrected chi connectivity index (χ4v) is 3.73. The summed E-state index contributed by atoms with van der Waals surface area (Å²) in [5, 5.41) is 5.72. The molecule has 2 aromatic heterocycles. The van der Waals surface area contributed by atoms with Crippen molar-refractivity contribution in [3.8, 4) is 22.8 Å². The molecule has 0 bridgehead atoms. The SMILES string of the molecule is CCC(=O)Nc1ccc(-c2nc3ccc(-c4nc5ccc(NC(=O)CC)cc5[nH]4)cc3[nH]2)cc1. The van der Waals surface area contributed by atoms with Gasteiger partial charge >= 0.3 is 0 Å². The Morgan fingerprint density at radius 3 is 1.82 bits per heavy atom. The summed E-state index contributed by atoms with van der Waals surface area (Å²) >= 11 is 0. The first kappa shape index (κ1) is 21.4. The molecule has 0 spiro atoms. The van der Waals surface area contributed by atoms with E-state index in [4.69, 9.17) is 9.97 Å². The zero-order valence-electron chi connectivity index (χ0n) is 18.9. The Bertz CT molecular complexity index is 1510. The Kier molecular flexibility index (Phi) is 5.55. The van der Waals surface area contributed by atoms with Crippen molar-refractivity contribution in [2.24, 2.45) is 0 Å². The van der Waals surface area contributed by atoms with Crippen molar-refractivity contribution >= 4 is 45.3 Å². The number of aromatic nitrogens is 4. The molecule has 0 unspecified atom stereocenters. The average Bonchev–Trinajstić information content (AvgIpc) is 3.47. The third kappa shape index (κ3) is 4.25. The minimum Gasteiger partial charge on any atom is -0.338 e. The number of amides is 2. The summed E-state index contributed by atoms with van der Waals surface area (Å²) < 4.78 is 0. The molecule has 5 rings (SSSR count). The van der Waals surface area contributed by atoms with E-state index >= 15 is 0 Å². The zero-order valence-corrected chi connectivity index (χ0v) is 18.9. The van der Waals surface area contributed by atoms with Crippen molar-refractivity contribution in [1.29, 1.82) is 0 Å². The summed E-state index contributed by atoms with van der Waals surface area (Å²) in [6.45, 7) is 3.64. The van der Waals surface area contributed by atoms with Crippen LogP contribution in [0.3, 0.4) is 0 Å². The molecule has 0 saturated heterocycles. The Hall–Kier alpha value is -4.46. The van der Waals surface area contributed by atoms with Crippen LogP contribution < -0.4 is 10.6 Å². The number of carbonyl (C=O) groups excluding carboxylic acids is 2. The van der Waals surface area contributed by atoms with Gasteiger partial charge in [0.25, 0.3) is 0 Å². The van der Waals surface area contributed by atoms with E-state index in [1.54, 1.807) is 0 Å². The summed E-state index contributed by atoms with van der Waals surface area (Å²) in [5.74, 6) is 1.45. The minimum absolute atomic E-state index is 0.0171. The van der Waals surface area contributed by atoms with Crippen LogP contribution in [-0.4, -0.2) is 31.8 Å². The van der Waals surface area contributed by atoms with Crippen LogP contribution in [0.1, 0.15) is 26.7 Å². The maximum atomic E-state index is 11.7. The fourth-order valence-electron chi connectivity index (χ4n) is 3.73. The number of nitrogens with zero attached hydrogens (tertiary/aromatic N) is 2. The van der Waals surface area contributed by atoms with Crippen LogP contribution >= 0.6 is 0 Å². The number of hydrogen-bond acceptors (Lipinski definition) is 4. The number of rotatable bonds is 6. The summed E-state index contributed by atoms with van der Waals surface area (Å²) in [5.41, 5.74) is 6.78. The van der Waals surface area contributed by atoms with Crippen molar-refractivity contribution in [3.05, 3.63) is 60.7 Å². The first-order chi connectivity index (χ1) is 16.5. The molecule has 0 saturated carbocycles. The molecule has 4 N–H and O–H groups in total. The largest absolute Gasteiger partial charge is 0.338 e. The molecule has 0 aliphatic carbocycles. The lowest BCUT2D eigenvalue weighted by Crippen LogP contribution is -2.09. The Morgan fingerprint density at radius 1 is 0.676 bits per heavy atom. The second kappa shape index (κ2) is 8.82. The van der Waals surface area contributed by atoms with E-state index in [1.807, 2.05) is 74.5 Å². The first-order valence-corrected chi connectivity index (χ1v) is 11.2. The molecular weight excluding hydrogens is 428 g/mol. The summed E-state index contributed by atoms with van der Waals surface area (Å²) in [4.78, 5) is 39.4. The van der Waals surface area contributed by atoms with Gasteiger partial charge in [-0.25, -0.2) is 9.97 Å². The summed E-state index contributed by atoms with van der Waals surface area (Å²) in [6, 6.07) is 19.2. The minimum atomic E-state index is -0.0278. The van der Waals surface area contributed by atoms with Crippen LogP contribution in [0, 0.1) is 0 Å². The van der Waals surface area contributed by atoms with Crippen molar-refractivity contribution < 1.29 is 9.59 Å². The second-order valence-electron chi connectivity index (χ2n) is 8.02. The highest BCUT2D eigenvalue weighted by Crippen LogP contribution is 2.27. The molecule has 8 heteroatoms. The molecule has 2 heterocycles. The summed E-state index contributed by atoms with van der Waals surface area (Å²) in [6.07, 6.45) is 0.869. The normalized spacial score (nSPS) is 11.1. The van der Waals surface area contributed by atoms with Gasteiger partial charge in [-0.2, -0.15) is 0 Å². The van der Waals surface area contributed by atoms with E-state index in [9.17, 15) is 9.59 Å². The standard InChI is InChI=1S/C26H24N6O2/c1-3-23(33)27-17-8-5-15(6-9-17)25-29-19-11-7-16(13-21(19)31-25)26-30-20-12-10-18(14-22(20)32-26)28-24(34)4-2/h5-14H,3-4H2,1-2H3,(H,27,33)(H,28,34)(H,29,31)(H,30,32). The third-order valence-electron chi connectivity index (χ3n) is 5.61. The van der Waals surface area contributed by atoms with Gasteiger partial charge < -0.3 is 20.6 Å². The van der Waals surface area contributed by atoms with E-state index in [0.717, 1.165) is 56.2 Å². The van der Waals surface area contributed by atoms with Crippen LogP contribution in [0.2, 0.25) is 0 Å². The van der Waals surface area contributed by atoms with Gasteiger partial charge in [0, 0.05) is 35.3 Å². The van der Waals surface area contributed by atoms with Gasteiger partial charge in [-0.15, -0.1) is 0 Å². The Morgan fingerprint density at radius 2 is 1.18 bits per heavy atom. The number of H-pyrrole nitrogens is 2. The van der Waals surface area contributed by atoms with Gasteiger partial charge in [0.05, 0.1) is 22.1 Å². The molecule has 0 aliphatic rings. The molecular formula is C26H24N6O2. The molecule has 0 radical (unpaired) electrons. The number of benzene rings is 3. The van der Waals surface area contributed by atoms with Crippen LogP contribution in [0.15, 0.2) is 60.7 Å². The van der Waals surface area contributed by atoms with Gasteiger partial charge in [-0.05, 0) is 60.7 Å². The number of fused-ring (bicyclic) bond motifs is 2. The number of aromatic amines is 2. The molecule has 0 fully saturated rings. The molecule has 2 amide bonds. The topological polar surface area (TPSA) is 116 Å². The van der Waals surface area contributed by atoms with Crippen LogP contribution in [0.25, 0.3) is 44.8 Å². The first-order valence-electron chi connectivity index (χ1n) is 11.2. The van der Waals surface area contributed by atoms with Gasteiger partial charge in [0.2, 0.25) is 11.8 Å². The molecule has 34 heavy (non-hydrogen) atoms. The van der Waals surface area contributed by atoms with Crippen LogP contribution in [-0.2, 0) is 9.59 Å². The highest BCUT2D eigenvalue weighted by Gasteiger charge is 2.11. The highest BCUT2D eigenvalue weighted by atomic mass is 16.2. The molecule has 0 atom stereocenters. The van der Waals surface area contributed by atoms with E-state index in [1.165, 1.54) is 0 Å². The molecule has 5 aromatic rings. The average molecular weight is 453 g/mol. The number of anilines is 2. The van der Waals surface area contributed by atoms with Gasteiger partial charge in [0.15, 0.2) is 0 Å². The van der Waals surface area contributed by atoms with E-state index in [-0.39, 0.29) is 11.8 Å². The van der Waals surface area contributed by atoms with Crippen LogP contribution in [0.4, 0.5) is 11.4 Å². The van der Waals surface area contributed by atoms with E-state index in [0.29, 0.717) is 12.8 Å². The van der Waals surface area contributed by atoms with E-state index < -0.39 is 0 Å². The number of nitrogens with one attached hydrogen (secondary N) is 4. The highest BCUT2D eigenvalue weighted by molar-refractivity contribution is 5.94. The monoisotopic (exact) mass is 452 g/mol. The predicted molar refractivity (Wildman–Crippen MR) is 134 cm³/mol. The van der Waals surface area contributed by atoms with Gasteiger partial charge in [0.1, 0.15) is 11.6 Å². The lowest BCUT2D eigenvalue weighted by Gasteiger charge is -2.04. The Balaban J connectivity index is 1.42. The molecule has 0 aliphatic heterocycles. The van der Waals surface area contributed by atoms with Crippen molar-refractivity contribution in [2.75, 3.05) is 10.6 Å².